The Hall–Kier alpha value is -1.60. The number of aryl methyl sites for hydroxylation is 1. The zero-order valence-electron chi connectivity index (χ0n) is 7.48. The molecule has 4 nitrogen and oxygen atoms in total. The van der Waals surface area contributed by atoms with Crippen LogP contribution in [0.1, 0.15) is 12.0 Å². The summed E-state index contributed by atoms with van der Waals surface area (Å²) in [6.45, 7) is 0.519. The van der Waals surface area contributed by atoms with Crippen LogP contribution in [0.4, 0.5) is 0 Å². The Morgan fingerprint density at radius 3 is 2.93 bits per heavy atom. The van der Waals surface area contributed by atoms with Gasteiger partial charge in [0.1, 0.15) is 11.6 Å². The molecule has 1 aromatic rings. The first-order valence-corrected chi connectivity index (χ1v) is 3.90. The summed E-state index contributed by atoms with van der Waals surface area (Å²) in [7, 11) is 0. The topological polar surface area (TPSA) is 70.8 Å². The van der Waals surface area contributed by atoms with Crippen LogP contribution in [-0.4, -0.2) is 5.91 Å². The maximum absolute atomic E-state index is 10.5. The molecule has 2 N–H and O–H groups in total. The van der Waals surface area contributed by atoms with Crippen LogP contribution < -0.4 is 22.7 Å². The van der Waals surface area contributed by atoms with Crippen LogP contribution >= 0.6 is 0 Å². The predicted octanol–water partition coefficient (Wildman–Crippen LogP) is -3.27. The van der Waals surface area contributed by atoms with Crippen LogP contribution in [0.3, 0.4) is 0 Å². The highest BCUT2D eigenvalue weighted by atomic mass is 35.5. The smallest absolute Gasteiger partial charge is 0.223 e. The number of amides is 1. The largest absolute Gasteiger partial charge is 1.00 e. The summed E-state index contributed by atoms with van der Waals surface area (Å²) in [5.74, 6) is -0.338. The number of hydrogen-bond acceptors (Lipinski definition) is 2. The molecule has 0 aliphatic rings. The van der Waals surface area contributed by atoms with Crippen molar-refractivity contribution in [1.82, 2.24) is 0 Å². The van der Waals surface area contributed by atoms with Crippen molar-refractivity contribution in [3.63, 3.8) is 0 Å². The lowest BCUT2D eigenvalue weighted by molar-refractivity contribution is -0.695. The van der Waals surface area contributed by atoms with Crippen molar-refractivity contribution in [2.45, 2.75) is 13.0 Å². The Bertz CT molecular complexity index is 359. The molecule has 0 saturated heterocycles. The standard InChI is InChI=1S/C9H9N3O.ClH/c10-6-8-2-1-4-12(7-8)5-3-9(11)13;/h1-2,4,7H,3,5H2,(H-,11,13);1H. The van der Waals surface area contributed by atoms with Gasteiger partial charge in [0.25, 0.3) is 0 Å². The van der Waals surface area contributed by atoms with E-state index in [1.165, 1.54) is 0 Å². The summed E-state index contributed by atoms with van der Waals surface area (Å²) in [5, 5.41) is 8.58. The molecule has 0 aromatic carbocycles. The number of carbonyl (C=O) groups is 1. The van der Waals surface area contributed by atoms with Crippen LogP contribution in [0.5, 0.6) is 0 Å². The molecule has 0 fully saturated rings. The predicted molar refractivity (Wildman–Crippen MR) is 45.2 cm³/mol. The quantitative estimate of drug-likeness (QED) is 0.533. The molecule has 0 bridgehead atoms. The Balaban J connectivity index is 0.00000169. The van der Waals surface area contributed by atoms with Gasteiger partial charge in [-0.05, 0) is 6.07 Å². The molecule has 0 unspecified atom stereocenters. The molecule has 0 atom stereocenters. The lowest BCUT2D eigenvalue weighted by Gasteiger charge is -1.93. The van der Waals surface area contributed by atoms with E-state index in [2.05, 4.69) is 0 Å². The van der Waals surface area contributed by atoms with Crippen molar-refractivity contribution < 1.29 is 21.8 Å². The second-order valence-electron chi connectivity index (χ2n) is 2.66. The SMILES string of the molecule is N#Cc1ccc[n+](CCC(N)=O)c1.[Cl-]. The van der Waals surface area contributed by atoms with Crippen molar-refractivity contribution >= 4 is 5.91 Å². The minimum absolute atomic E-state index is 0. The first-order chi connectivity index (χ1) is 6.22. The molecule has 74 valence electrons. The third kappa shape index (κ3) is 3.87. The van der Waals surface area contributed by atoms with Gasteiger partial charge in [0.2, 0.25) is 5.91 Å². The maximum Gasteiger partial charge on any atom is 0.223 e. The van der Waals surface area contributed by atoms with E-state index in [4.69, 9.17) is 11.0 Å². The first kappa shape index (κ1) is 12.4. The number of rotatable bonds is 3. The highest BCUT2D eigenvalue weighted by molar-refractivity contribution is 5.73. The number of primary amides is 1. The minimum Gasteiger partial charge on any atom is -1.00 e. The molecule has 0 aliphatic carbocycles. The van der Waals surface area contributed by atoms with Gasteiger partial charge in [-0.3, -0.25) is 4.79 Å². The molecule has 1 heterocycles. The molecule has 0 spiro atoms. The van der Waals surface area contributed by atoms with Crippen LogP contribution in [-0.2, 0) is 11.3 Å². The molecule has 1 rings (SSSR count). The first-order valence-electron chi connectivity index (χ1n) is 3.90. The van der Waals surface area contributed by atoms with Gasteiger partial charge < -0.3 is 18.1 Å². The fourth-order valence-corrected chi connectivity index (χ4v) is 0.966. The Kier molecular flexibility index (Phi) is 5.27. The average molecular weight is 212 g/mol. The summed E-state index contributed by atoms with van der Waals surface area (Å²) in [5.41, 5.74) is 5.57. The van der Waals surface area contributed by atoms with Crippen molar-refractivity contribution in [1.29, 1.82) is 5.26 Å². The number of carbonyl (C=O) groups excluding carboxylic acids is 1. The van der Waals surface area contributed by atoms with Gasteiger partial charge in [0.05, 0.1) is 6.42 Å². The van der Waals surface area contributed by atoms with Gasteiger partial charge in [-0.1, -0.05) is 0 Å². The lowest BCUT2D eigenvalue weighted by atomic mass is 10.3. The Labute approximate surface area is 88.4 Å². The summed E-state index contributed by atoms with van der Waals surface area (Å²) >= 11 is 0. The second kappa shape index (κ2) is 5.95. The monoisotopic (exact) mass is 211 g/mol. The molecular formula is C9H10ClN3O. The summed E-state index contributed by atoms with van der Waals surface area (Å²) in [6, 6.07) is 5.49. The molecule has 0 aliphatic heterocycles. The molecule has 0 radical (unpaired) electrons. The van der Waals surface area contributed by atoms with E-state index in [-0.39, 0.29) is 18.3 Å². The van der Waals surface area contributed by atoms with E-state index in [0.717, 1.165) is 0 Å². The van der Waals surface area contributed by atoms with E-state index in [1.807, 2.05) is 6.07 Å². The fourth-order valence-electron chi connectivity index (χ4n) is 0.966. The fraction of sp³-hybridized carbons (Fsp3) is 0.222. The number of nitrogens with two attached hydrogens (primary N) is 1. The third-order valence-corrected chi connectivity index (χ3v) is 1.60. The Morgan fingerprint density at radius 1 is 1.64 bits per heavy atom. The Morgan fingerprint density at radius 2 is 2.36 bits per heavy atom. The number of aromatic nitrogens is 1. The van der Waals surface area contributed by atoms with Crippen LogP contribution in [0.25, 0.3) is 0 Å². The zero-order valence-corrected chi connectivity index (χ0v) is 8.24. The zero-order chi connectivity index (χ0) is 9.68. The molecule has 0 saturated carbocycles. The number of pyridine rings is 1. The van der Waals surface area contributed by atoms with E-state index in [9.17, 15) is 4.79 Å². The van der Waals surface area contributed by atoms with E-state index < -0.39 is 0 Å². The van der Waals surface area contributed by atoms with Gasteiger partial charge in [-0.15, -0.1) is 0 Å². The third-order valence-electron chi connectivity index (χ3n) is 1.60. The van der Waals surface area contributed by atoms with Gasteiger partial charge in [-0.2, -0.15) is 5.26 Å². The summed E-state index contributed by atoms with van der Waals surface area (Å²) in [4.78, 5) is 10.5. The van der Waals surface area contributed by atoms with Crippen molar-refractivity contribution in [2.75, 3.05) is 0 Å². The lowest BCUT2D eigenvalue weighted by Crippen LogP contribution is -3.00. The molecule has 14 heavy (non-hydrogen) atoms. The molecule has 1 aromatic heterocycles. The van der Waals surface area contributed by atoms with Crippen molar-refractivity contribution in [3.8, 4) is 6.07 Å². The average Bonchev–Trinajstić information content (AvgIpc) is 2.15. The van der Waals surface area contributed by atoms with Crippen molar-refractivity contribution in [3.05, 3.63) is 30.1 Å². The van der Waals surface area contributed by atoms with Gasteiger partial charge in [0.15, 0.2) is 18.9 Å². The maximum atomic E-state index is 10.5. The van der Waals surface area contributed by atoms with Crippen LogP contribution in [0.2, 0.25) is 0 Å². The van der Waals surface area contributed by atoms with Crippen molar-refractivity contribution in [2.24, 2.45) is 5.73 Å². The van der Waals surface area contributed by atoms with E-state index in [0.29, 0.717) is 18.5 Å². The number of nitrogens with zero attached hydrogens (tertiary/aromatic N) is 2. The summed E-state index contributed by atoms with van der Waals surface area (Å²) in [6.07, 6.45) is 3.77. The van der Waals surface area contributed by atoms with Crippen LogP contribution in [0, 0.1) is 11.3 Å². The van der Waals surface area contributed by atoms with Gasteiger partial charge in [-0.25, -0.2) is 4.57 Å². The summed E-state index contributed by atoms with van der Waals surface area (Å²) < 4.78 is 1.77. The number of hydrogen-bond donors (Lipinski definition) is 1. The molecule has 1 amide bonds. The van der Waals surface area contributed by atoms with Crippen LogP contribution in [0.15, 0.2) is 24.5 Å². The van der Waals surface area contributed by atoms with Gasteiger partial charge in [0, 0.05) is 6.07 Å². The highest BCUT2D eigenvalue weighted by Crippen LogP contribution is 1.90. The number of halogens is 1. The highest BCUT2D eigenvalue weighted by Gasteiger charge is 2.03. The molecule has 5 heteroatoms. The van der Waals surface area contributed by atoms with E-state index in [1.54, 1.807) is 29.1 Å². The normalized spacial score (nSPS) is 8.50. The minimum atomic E-state index is -0.338. The molecular weight excluding hydrogens is 202 g/mol. The van der Waals surface area contributed by atoms with Gasteiger partial charge >= 0.3 is 0 Å². The number of nitriles is 1. The second-order valence-corrected chi connectivity index (χ2v) is 2.66. The van der Waals surface area contributed by atoms with E-state index >= 15 is 0 Å².